The molecule has 4 nitrogen and oxygen atoms in total. The van der Waals surface area contributed by atoms with Crippen molar-refractivity contribution in [1.82, 2.24) is 4.98 Å². The summed E-state index contributed by atoms with van der Waals surface area (Å²) in [5, 5.41) is 11.4. The van der Waals surface area contributed by atoms with Gasteiger partial charge in [-0.25, -0.2) is 4.98 Å². The van der Waals surface area contributed by atoms with Crippen LogP contribution in [0.15, 0.2) is 47.5 Å². The van der Waals surface area contributed by atoms with Crippen LogP contribution in [-0.4, -0.2) is 17.1 Å². The molecule has 0 aliphatic rings. The van der Waals surface area contributed by atoms with E-state index in [1.54, 1.807) is 17.8 Å². The Labute approximate surface area is 115 Å². The summed E-state index contributed by atoms with van der Waals surface area (Å²) in [7, 11) is 0. The van der Waals surface area contributed by atoms with Crippen molar-refractivity contribution in [3.05, 3.63) is 53.9 Å². The summed E-state index contributed by atoms with van der Waals surface area (Å²) in [5.41, 5.74) is 1.45. The number of pyridine rings is 1. The van der Waals surface area contributed by atoms with Crippen molar-refractivity contribution in [2.75, 3.05) is 11.6 Å². The predicted octanol–water partition coefficient (Wildman–Crippen LogP) is 2.93. The summed E-state index contributed by atoms with van der Waals surface area (Å²) in [5.74, 6) is -0.241. The fourth-order valence-corrected chi connectivity index (χ4v) is 1.96. The third kappa shape index (κ3) is 3.33. The van der Waals surface area contributed by atoms with Crippen LogP contribution in [0, 0.1) is 11.3 Å². The van der Waals surface area contributed by atoms with Crippen LogP contribution < -0.4 is 5.32 Å². The van der Waals surface area contributed by atoms with Gasteiger partial charge in [0, 0.05) is 16.8 Å². The molecule has 0 radical (unpaired) electrons. The van der Waals surface area contributed by atoms with Crippen molar-refractivity contribution >= 4 is 23.4 Å². The summed E-state index contributed by atoms with van der Waals surface area (Å²) >= 11 is 1.61. The van der Waals surface area contributed by atoms with Gasteiger partial charge >= 0.3 is 0 Å². The molecule has 0 bridgehead atoms. The lowest BCUT2D eigenvalue weighted by Crippen LogP contribution is -2.12. The quantitative estimate of drug-likeness (QED) is 0.870. The van der Waals surface area contributed by atoms with Gasteiger partial charge in [-0.2, -0.15) is 5.26 Å². The number of nitrogens with one attached hydrogen (secondary N) is 1. The molecule has 1 aromatic carbocycles. The Kier molecular flexibility index (Phi) is 4.16. The summed E-state index contributed by atoms with van der Waals surface area (Å²) < 4.78 is 0. The smallest absolute Gasteiger partial charge is 0.257 e. The molecule has 1 amide bonds. The minimum atomic E-state index is -0.241. The Balaban J connectivity index is 2.13. The van der Waals surface area contributed by atoms with E-state index in [9.17, 15) is 4.79 Å². The van der Waals surface area contributed by atoms with E-state index >= 15 is 0 Å². The number of benzene rings is 1. The van der Waals surface area contributed by atoms with Crippen LogP contribution in [0.25, 0.3) is 0 Å². The van der Waals surface area contributed by atoms with Gasteiger partial charge in [0.2, 0.25) is 0 Å². The first kappa shape index (κ1) is 13.1. The first-order valence-electron chi connectivity index (χ1n) is 5.54. The average molecular weight is 269 g/mol. The second kappa shape index (κ2) is 6.03. The topological polar surface area (TPSA) is 65.8 Å². The number of amides is 1. The zero-order valence-electron chi connectivity index (χ0n) is 10.3. The lowest BCUT2D eigenvalue weighted by Gasteiger charge is -2.06. The third-order valence-corrected chi connectivity index (χ3v) is 3.19. The third-order valence-electron chi connectivity index (χ3n) is 2.47. The van der Waals surface area contributed by atoms with E-state index in [0.29, 0.717) is 11.3 Å². The van der Waals surface area contributed by atoms with E-state index in [1.165, 1.54) is 12.3 Å². The van der Waals surface area contributed by atoms with E-state index in [1.807, 2.05) is 36.6 Å². The molecule has 0 aliphatic heterocycles. The number of hydrogen-bond donors (Lipinski definition) is 1. The minimum Gasteiger partial charge on any atom is -0.322 e. The molecule has 1 aromatic heterocycles. The number of carbonyl (C=O) groups is 1. The van der Waals surface area contributed by atoms with Crippen molar-refractivity contribution in [3.8, 4) is 6.07 Å². The molecular formula is C14H11N3OS. The van der Waals surface area contributed by atoms with Crippen LogP contribution >= 0.6 is 11.8 Å². The monoisotopic (exact) mass is 269 g/mol. The fourth-order valence-electron chi connectivity index (χ4n) is 1.50. The highest BCUT2D eigenvalue weighted by Gasteiger charge is 2.07. The Hall–Kier alpha value is -2.32. The zero-order valence-corrected chi connectivity index (χ0v) is 11.1. The number of thioether (sulfide) groups is 1. The van der Waals surface area contributed by atoms with Crippen molar-refractivity contribution in [1.29, 1.82) is 5.26 Å². The maximum atomic E-state index is 12.0. The number of carbonyl (C=O) groups excluding carboxylic acids is 1. The van der Waals surface area contributed by atoms with Gasteiger partial charge < -0.3 is 5.32 Å². The van der Waals surface area contributed by atoms with Gasteiger partial charge in [0.25, 0.3) is 5.91 Å². The maximum Gasteiger partial charge on any atom is 0.257 e. The molecule has 2 rings (SSSR count). The Morgan fingerprint density at radius 1 is 1.37 bits per heavy atom. The van der Waals surface area contributed by atoms with E-state index in [2.05, 4.69) is 10.3 Å². The molecular weight excluding hydrogens is 258 g/mol. The number of rotatable bonds is 3. The average Bonchev–Trinajstić information content (AvgIpc) is 2.47. The summed E-state index contributed by atoms with van der Waals surface area (Å²) in [4.78, 5) is 16.9. The Morgan fingerprint density at radius 3 is 2.84 bits per heavy atom. The van der Waals surface area contributed by atoms with Gasteiger partial charge in [0.05, 0.1) is 5.56 Å². The van der Waals surface area contributed by atoms with E-state index in [-0.39, 0.29) is 5.91 Å². The Bertz CT molecular complexity index is 632. The van der Waals surface area contributed by atoms with Crippen molar-refractivity contribution < 1.29 is 4.79 Å². The molecule has 0 fully saturated rings. The molecule has 0 aliphatic carbocycles. The molecule has 94 valence electrons. The minimum absolute atomic E-state index is 0.241. The number of anilines is 1. The lowest BCUT2D eigenvalue weighted by atomic mass is 10.2. The van der Waals surface area contributed by atoms with Crippen LogP contribution in [0.4, 0.5) is 5.69 Å². The molecule has 0 unspecified atom stereocenters. The fraction of sp³-hybridized carbons (Fsp3) is 0.0714. The summed E-state index contributed by atoms with van der Waals surface area (Å²) in [6.07, 6.45) is 3.37. The number of nitriles is 1. The Morgan fingerprint density at radius 2 is 2.21 bits per heavy atom. The SMILES string of the molecule is CSc1cccc(NC(=O)c2ccc(C#N)nc2)c1. The molecule has 19 heavy (non-hydrogen) atoms. The maximum absolute atomic E-state index is 12.0. The standard InChI is InChI=1S/C14H11N3OS/c1-19-13-4-2-3-11(7-13)17-14(18)10-5-6-12(8-15)16-9-10/h2-7,9H,1H3,(H,17,18). The first-order valence-corrected chi connectivity index (χ1v) is 6.77. The van der Waals surface area contributed by atoms with Gasteiger partial charge in [-0.15, -0.1) is 11.8 Å². The zero-order chi connectivity index (χ0) is 13.7. The molecule has 1 heterocycles. The number of nitrogens with zero attached hydrogens (tertiary/aromatic N) is 2. The van der Waals surface area contributed by atoms with Crippen LogP contribution in [0.5, 0.6) is 0 Å². The van der Waals surface area contributed by atoms with E-state index in [4.69, 9.17) is 5.26 Å². The first-order chi connectivity index (χ1) is 9.22. The van der Waals surface area contributed by atoms with Gasteiger partial charge in [0.1, 0.15) is 11.8 Å². The van der Waals surface area contributed by atoms with Gasteiger partial charge in [-0.3, -0.25) is 4.79 Å². The molecule has 0 saturated heterocycles. The van der Waals surface area contributed by atoms with Crippen LogP contribution in [0.1, 0.15) is 16.1 Å². The van der Waals surface area contributed by atoms with Gasteiger partial charge in [-0.1, -0.05) is 6.07 Å². The van der Waals surface area contributed by atoms with Gasteiger partial charge in [0.15, 0.2) is 0 Å². The largest absolute Gasteiger partial charge is 0.322 e. The molecule has 1 N–H and O–H groups in total. The highest BCUT2D eigenvalue weighted by Crippen LogP contribution is 2.19. The molecule has 0 saturated carbocycles. The lowest BCUT2D eigenvalue weighted by molar-refractivity contribution is 0.102. The summed E-state index contributed by atoms with van der Waals surface area (Å²) in [6.45, 7) is 0. The second-order valence-electron chi connectivity index (χ2n) is 3.73. The van der Waals surface area contributed by atoms with E-state index < -0.39 is 0 Å². The van der Waals surface area contributed by atoms with Crippen LogP contribution in [0.2, 0.25) is 0 Å². The highest BCUT2D eigenvalue weighted by atomic mass is 32.2. The van der Waals surface area contributed by atoms with Gasteiger partial charge in [-0.05, 0) is 36.6 Å². The highest BCUT2D eigenvalue weighted by molar-refractivity contribution is 7.98. The van der Waals surface area contributed by atoms with Crippen molar-refractivity contribution in [3.63, 3.8) is 0 Å². The molecule has 2 aromatic rings. The van der Waals surface area contributed by atoms with Crippen LogP contribution in [0.3, 0.4) is 0 Å². The molecule has 5 heteroatoms. The number of hydrogen-bond acceptors (Lipinski definition) is 4. The van der Waals surface area contributed by atoms with E-state index in [0.717, 1.165) is 10.6 Å². The normalized spacial score (nSPS) is 9.68. The summed E-state index contributed by atoms with van der Waals surface area (Å²) in [6, 6.07) is 12.6. The number of aromatic nitrogens is 1. The second-order valence-corrected chi connectivity index (χ2v) is 4.61. The van der Waals surface area contributed by atoms with Crippen LogP contribution in [-0.2, 0) is 0 Å². The van der Waals surface area contributed by atoms with Crippen molar-refractivity contribution in [2.45, 2.75) is 4.90 Å². The van der Waals surface area contributed by atoms with Crippen molar-refractivity contribution in [2.24, 2.45) is 0 Å². The molecule has 0 spiro atoms. The molecule has 0 atom stereocenters. The predicted molar refractivity (Wildman–Crippen MR) is 75.1 cm³/mol.